The Kier molecular flexibility index (Phi) is 6.69. The summed E-state index contributed by atoms with van der Waals surface area (Å²) in [5.41, 5.74) is 3.13. The molecule has 0 radical (unpaired) electrons. The number of sulfonamides is 1. The lowest BCUT2D eigenvalue weighted by Crippen LogP contribution is -2.39. The van der Waals surface area contributed by atoms with Crippen molar-refractivity contribution in [3.05, 3.63) is 78.4 Å². The van der Waals surface area contributed by atoms with Crippen LogP contribution >= 0.6 is 11.3 Å². The van der Waals surface area contributed by atoms with Gasteiger partial charge in [-0.05, 0) is 55.2 Å². The standard InChI is InChI=1S/C27H27N3O3S2/c1-19-7-6-14-30(18-19)35(32,33)23-11-5-8-20(16-23)25(31)17-28-22-10-4-9-21(15-22)27-29-24-12-2-3-13-26(24)34-27/h2-5,8-13,15-16,19,28H,6-7,14,17-18H2,1H3. The van der Waals surface area contributed by atoms with Crippen LogP contribution in [0.25, 0.3) is 20.8 Å². The van der Waals surface area contributed by atoms with E-state index in [0.717, 1.165) is 39.3 Å². The average molecular weight is 506 g/mol. The smallest absolute Gasteiger partial charge is 0.243 e. The van der Waals surface area contributed by atoms with Crippen LogP contribution in [0.1, 0.15) is 30.1 Å². The second-order valence-electron chi connectivity index (χ2n) is 8.98. The van der Waals surface area contributed by atoms with E-state index in [4.69, 9.17) is 4.98 Å². The molecule has 180 valence electrons. The van der Waals surface area contributed by atoms with Crippen LogP contribution in [-0.4, -0.2) is 43.1 Å². The highest BCUT2D eigenvalue weighted by molar-refractivity contribution is 7.89. The van der Waals surface area contributed by atoms with Crippen LogP contribution in [0.2, 0.25) is 0 Å². The van der Waals surface area contributed by atoms with Gasteiger partial charge in [-0.15, -0.1) is 11.3 Å². The molecule has 4 aromatic rings. The fraction of sp³-hybridized carbons (Fsp3) is 0.259. The molecule has 1 aliphatic rings. The maximum Gasteiger partial charge on any atom is 0.243 e. The van der Waals surface area contributed by atoms with Crippen molar-refractivity contribution in [2.24, 2.45) is 5.92 Å². The summed E-state index contributed by atoms with van der Waals surface area (Å²) in [7, 11) is -3.61. The van der Waals surface area contributed by atoms with Crippen molar-refractivity contribution in [2.75, 3.05) is 25.0 Å². The maximum atomic E-state index is 13.1. The first kappa shape index (κ1) is 23.7. The second kappa shape index (κ2) is 9.89. The fourth-order valence-corrected chi connectivity index (χ4v) is 6.99. The van der Waals surface area contributed by atoms with E-state index in [9.17, 15) is 13.2 Å². The lowest BCUT2D eigenvalue weighted by Gasteiger charge is -2.30. The summed E-state index contributed by atoms with van der Waals surface area (Å²) < 4.78 is 28.9. The molecule has 1 saturated heterocycles. The largest absolute Gasteiger partial charge is 0.378 e. The summed E-state index contributed by atoms with van der Waals surface area (Å²) in [5.74, 6) is 0.172. The number of hydrogen-bond donors (Lipinski definition) is 1. The zero-order valence-electron chi connectivity index (χ0n) is 19.5. The number of ketones is 1. The van der Waals surface area contributed by atoms with E-state index in [1.54, 1.807) is 29.5 Å². The van der Waals surface area contributed by atoms with Gasteiger partial charge in [-0.2, -0.15) is 4.31 Å². The molecule has 1 fully saturated rings. The van der Waals surface area contributed by atoms with Gasteiger partial charge >= 0.3 is 0 Å². The van der Waals surface area contributed by atoms with E-state index in [0.29, 0.717) is 24.6 Å². The number of anilines is 1. The lowest BCUT2D eigenvalue weighted by molar-refractivity contribution is 0.101. The van der Waals surface area contributed by atoms with Gasteiger partial charge in [0.1, 0.15) is 5.01 Å². The highest BCUT2D eigenvalue weighted by Crippen LogP contribution is 2.31. The zero-order chi connectivity index (χ0) is 24.4. The molecule has 0 spiro atoms. The van der Waals surface area contributed by atoms with Crippen molar-refractivity contribution in [1.82, 2.24) is 9.29 Å². The Morgan fingerprint density at radius 1 is 1.09 bits per heavy atom. The van der Waals surface area contributed by atoms with Gasteiger partial charge in [0.15, 0.2) is 5.78 Å². The quantitative estimate of drug-likeness (QED) is 0.327. The van der Waals surface area contributed by atoms with Crippen LogP contribution in [0.4, 0.5) is 5.69 Å². The van der Waals surface area contributed by atoms with Gasteiger partial charge < -0.3 is 5.32 Å². The number of carbonyl (C=O) groups is 1. The van der Waals surface area contributed by atoms with Crippen LogP contribution in [0.3, 0.4) is 0 Å². The number of hydrogen-bond acceptors (Lipinski definition) is 6. The molecular weight excluding hydrogens is 478 g/mol. The molecule has 5 rings (SSSR count). The van der Waals surface area contributed by atoms with Crippen molar-refractivity contribution in [2.45, 2.75) is 24.7 Å². The molecule has 0 amide bonds. The summed E-state index contributed by atoms with van der Waals surface area (Å²) in [6.45, 7) is 3.18. The molecule has 1 N–H and O–H groups in total. The monoisotopic (exact) mass is 505 g/mol. The molecule has 1 atom stereocenters. The summed E-state index contributed by atoms with van der Waals surface area (Å²) >= 11 is 1.63. The minimum absolute atomic E-state index is 0.0630. The molecule has 2 heterocycles. The summed E-state index contributed by atoms with van der Waals surface area (Å²) in [6.07, 6.45) is 1.90. The lowest BCUT2D eigenvalue weighted by atomic mass is 10.0. The third kappa shape index (κ3) is 5.15. The summed E-state index contributed by atoms with van der Waals surface area (Å²) in [5, 5.41) is 4.10. The number of Topliss-reactive ketones (excluding diaryl/α,β-unsaturated/α-hetero) is 1. The number of thiazole rings is 1. The van der Waals surface area contributed by atoms with Gasteiger partial charge in [0.25, 0.3) is 0 Å². The van der Waals surface area contributed by atoms with Gasteiger partial charge in [-0.3, -0.25) is 4.79 Å². The normalized spacial score (nSPS) is 16.9. The van der Waals surface area contributed by atoms with Crippen LogP contribution in [0, 0.1) is 5.92 Å². The van der Waals surface area contributed by atoms with Crippen molar-refractivity contribution in [1.29, 1.82) is 0 Å². The molecule has 0 aliphatic carbocycles. The molecule has 1 aliphatic heterocycles. The summed E-state index contributed by atoms with van der Waals surface area (Å²) in [6, 6.07) is 22.2. The van der Waals surface area contributed by atoms with Crippen molar-refractivity contribution < 1.29 is 13.2 Å². The van der Waals surface area contributed by atoms with Crippen LogP contribution < -0.4 is 5.32 Å². The third-order valence-electron chi connectivity index (χ3n) is 6.27. The number of nitrogens with one attached hydrogen (secondary N) is 1. The van der Waals surface area contributed by atoms with Crippen molar-refractivity contribution >= 4 is 43.0 Å². The number of carbonyl (C=O) groups excluding carboxylic acids is 1. The van der Waals surface area contributed by atoms with Gasteiger partial charge in [-0.1, -0.05) is 43.3 Å². The van der Waals surface area contributed by atoms with E-state index >= 15 is 0 Å². The zero-order valence-corrected chi connectivity index (χ0v) is 21.1. The molecule has 1 unspecified atom stereocenters. The van der Waals surface area contributed by atoms with E-state index in [1.807, 2.05) is 42.5 Å². The molecule has 6 nitrogen and oxygen atoms in total. The van der Waals surface area contributed by atoms with Crippen molar-refractivity contribution in [3.63, 3.8) is 0 Å². The minimum atomic E-state index is -3.61. The molecule has 1 aromatic heterocycles. The highest BCUT2D eigenvalue weighted by Gasteiger charge is 2.29. The van der Waals surface area contributed by atoms with E-state index < -0.39 is 10.0 Å². The predicted octanol–water partition coefficient (Wildman–Crippen LogP) is 5.68. The number of aromatic nitrogens is 1. The SMILES string of the molecule is CC1CCCN(S(=O)(=O)c2cccc(C(=O)CNc3cccc(-c4nc5ccccc5s4)c3)c2)C1. The average Bonchev–Trinajstić information content (AvgIpc) is 3.32. The summed E-state index contributed by atoms with van der Waals surface area (Å²) in [4.78, 5) is 17.8. The predicted molar refractivity (Wildman–Crippen MR) is 141 cm³/mol. The second-order valence-corrected chi connectivity index (χ2v) is 12.0. The number of para-hydroxylation sites is 1. The van der Waals surface area contributed by atoms with Gasteiger partial charge in [0, 0.05) is 29.9 Å². The first-order valence-corrected chi connectivity index (χ1v) is 14.0. The molecule has 35 heavy (non-hydrogen) atoms. The highest BCUT2D eigenvalue weighted by atomic mass is 32.2. The Balaban J connectivity index is 1.29. The third-order valence-corrected chi connectivity index (χ3v) is 9.22. The Morgan fingerprint density at radius 3 is 2.74 bits per heavy atom. The Morgan fingerprint density at radius 2 is 1.91 bits per heavy atom. The van der Waals surface area contributed by atoms with Gasteiger partial charge in [0.2, 0.25) is 10.0 Å². The fourth-order valence-electron chi connectivity index (χ4n) is 4.39. The number of rotatable bonds is 7. The molecule has 3 aromatic carbocycles. The topological polar surface area (TPSA) is 79.4 Å². The first-order valence-electron chi connectivity index (χ1n) is 11.7. The number of benzene rings is 3. The van der Waals surface area contributed by atoms with E-state index in [1.165, 1.54) is 10.4 Å². The first-order chi connectivity index (χ1) is 16.9. The van der Waals surface area contributed by atoms with Gasteiger partial charge in [0.05, 0.1) is 21.7 Å². The molecule has 0 bridgehead atoms. The van der Waals surface area contributed by atoms with Gasteiger partial charge in [-0.25, -0.2) is 13.4 Å². The number of nitrogens with zero attached hydrogens (tertiary/aromatic N) is 2. The van der Waals surface area contributed by atoms with Crippen LogP contribution in [0.5, 0.6) is 0 Å². The van der Waals surface area contributed by atoms with Crippen LogP contribution in [0.15, 0.2) is 77.7 Å². The number of fused-ring (bicyclic) bond motifs is 1. The molecule has 0 saturated carbocycles. The Labute approximate surface area is 209 Å². The molecule has 8 heteroatoms. The number of piperidine rings is 1. The maximum absolute atomic E-state index is 13.1. The Bertz CT molecular complexity index is 1450. The minimum Gasteiger partial charge on any atom is -0.378 e. The molecular formula is C27H27N3O3S2. The van der Waals surface area contributed by atoms with Crippen LogP contribution in [-0.2, 0) is 10.0 Å². The van der Waals surface area contributed by atoms with E-state index in [2.05, 4.69) is 18.3 Å². The van der Waals surface area contributed by atoms with Crippen molar-refractivity contribution in [3.8, 4) is 10.6 Å². The van der Waals surface area contributed by atoms with E-state index in [-0.39, 0.29) is 17.2 Å². The Hall–Kier alpha value is -3.07.